The van der Waals surface area contributed by atoms with Crippen LogP contribution in [0.1, 0.15) is 19.4 Å². The van der Waals surface area contributed by atoms with E-state index in [2.05, 4.69) is 67.5 Å². The third kappa shape index (κ3) is 4.46. The minimum absolute atomic E-state index is 0.464. The van der Waals surface area contributed by atoms with E-state index in [1.165, 1.54) is 0 Å². The Hall–Kier alpha value is -3.74. The van der Waals surface area contributed by atoms with E-state index in [1.54, 1.807) is 6.20 Å². The highest BCUT2D eigenvalue weighted by atomic mass is 15.3. The average Bonchev–Trinajstić information content (AvgIpc) is 2.79. The molecule has 0 aliphatic heterocycles. The molecule has 7 heteroatoms. The van der Waals surface area contributed by atoms with Crippen LogP contribution in [0.3, 0.4) is 0 Å². The molecule has 0 saturated carbocycles. The Morgan fingerprint density at radius 1 is 0.800 bits per heavy atom. The predicted octanol–water partition coefficient (Wildman–Crippen LogP) is 4.62. The zero-order valence-electron chi connectivity index (χ0n) is 17.2. The molecule has 30 heavy (non-hydrogen) atoms. The number of fused-ring (bicyclic) bond motifs is 1. The molecule has 0 unspecified atom stereocenters. The van der Waals surface area contributed by atoms with Gasteiger partial charge in [0, 0.05) is 31.2 Å². The first kappa shape index (κ1) is 19.6. The van der Waals surface area contributed by atoms with Crippen LogP contribution in [-0.4, -0.2) is 33.0 Å². The summed E-state index contributed by atoms with van der Waals surface area (Å²) in [5.41, 5.74) is 1.16. The maximum absolute atomic E-state index is 4.65. The van der Waals surface area contributed by atoms with Gasteiger partial charge in [0.25, 0.3) is 0 Å². The topological polar surface area (TPSA) is 78.9 Å². The molecule has 7 nitrogen and oxygen atoms in total. The van der Waals surface area contributed by atoms with Gasteiger partial charge in [-0.25, -0.2) is 4.98 Å². The quantitative estimate of drug-likeness (QED) is 0.447. The highest BCUT2D eigenvalue weighted by Gasteiger charge is 2.13. The van der Waals surface area contributed by atoms with E-state index in [9.17, 15) is 0 Å². The highest BCUT2D eigenvalue weighted by molar-refractivity contribution is 5.92. The van der Waals surface area contributed by atoms with E-state index < -0.39 is 0 Å². The standard InChI is InChI=1S/C23H25N7/c1-3-30(4-2)23-28-21(25-16-17-10-6-5-7-11-17)27-22(29-23)26-20-19-13-9-8-12-18(19)14-15-24-20/h5-15H,3-4,16H2,1-2H3,(H2,24,25,26,27,28,29). The Morgan fingerprint density at radius 3 is 2.33 bits per heavy atom. The van der Waals surface area contributed by atoms with Crippen molar-refractivity contribution in [3.63, 3.8) is 0 Å². The summed E-state index contributed by atoms with van der Waals surface area (Å²) >= 11 is 0. The van der Waals surface area contributed by atoms with E-state index in [1.807, 2.05) is 42.5 Å². The summed E-state index contributed by atoms with van der Waals surface area (Å²) < 4.78 is 0. The maximum atomic E-state index is 4.65. The molecule has 0 radical (unpaired) electrons. The van der Waals surface area contributed by atoms with E-state index in [-0.39, 0.29) is 0 Å². The molecule has 4 rings (SSSR count). The molecule has 2 aromatic heterocycles. The van der Waals surface area contributed by atoms with Crippen LogP contribution < -0.4 is 15.5 Å². The second-order valence-electron chi connectivity index (χ2n) is 6.80. The van der Waals surface area contributed by atoms with E-state index >= 15 is 0 Å². The normalized spacial score (nSPS) is 10.7. The lowest BCUT2D eigenvalue weighted by molar-refractivity contribution is 0.813. The van der Waals surface area contributed by atoms with Crippen LogP contribution in [0, 0.1) is 0 Å². The minimum atomic E-state index is 0.464. The summed E-state index contributed by atoms with van der Waals surface area (Å²) in [6.45, 7) is 6.43. The molecule has 2 heterocycles. The van der Waals surface area contributed by atoms with Gasteiger partial charge in [-0.1, -0.05) is 54.6 Å². The van der Waals surface area contributed by atoms with Crippen molar-refractivity contribution in [1.29, 1.82) is 0 Å². The summed E-state index contributed by atoms with van der Waals surface area (Å²) in [5, 5.41) is 8.73. The van der Waals surface area contributed by atoms with Gasteiger partial charge in [0.1, 0.15) is 5.82 Å². The molecule has 0 spiro atoms. The molecule has 0 atom stereocenters. The fourth-order valence-corrected chi connectivity index (χ4v) is 3.25. The Bertz CT molecular complexity index is 1110. The lowest BCUT2D eigenvalue weighted by Gasteiger charge is -2.20. The third-order valence-electron chi connectivity index (χ3n) is 4.87. The van der Waals surface area contributed by atoms with Crippen LogP contribution in [-0.2, 0) is 6.54 Å². The zero-order valence-corrected chi connectivity index (χ0v) is 17.2. The van der Waals surface area contributed by atoms with Crippen molar-refractivity contribution in [1.82, 2.24) is 19.9 Å². The van der Waals surface area contributed by atoms with Gasteiger partial charge in [-0.2, -0.15) is 15.0 Å². The fourth-order valence-electron chi connectivity index (χ4n) is 3.25. The van der Waals surface area contributed by atoms with Gasteiger partial charge in [0.15, 0.2) is 0 Å². The van der Waals surface area contributed by atoms with Gasteiger partial charge in [-0.15, -0.1) is 0 Å². The van der Waals surface area contributed by atoms with Crippen molar-refractivity contribution in [2.45, 2.75) is 20.4 Å². The molecular weight excluding hydrogens is 374 g/mol. The second-order valence-corrected chi connectivity index (χ2v) is 6.80. The number of nitrogens with one attached hydrogen (secondary N) is 2. The first-order chi connectivity index (χ1) is 14.8. The third-order valence-corrected chi connectivity index (χ3v) is 4.87. The van der Waals surface area contributed by atoms with Gasteiger partial charge < -0.3 is 15.5 Å². The molecule has 2 N–H and O–H groups in total. The van der Waals surface area contributed by atoms with Crippen LogP contribution in [0.2, 0.25) is 0 Å². The molecule has 0 saturated heterocycles. The van der Waals surface area contributed by atoms with Crippen LogP contribution in [0.15, 0.2) is 66.9 Å². The Kier molecular flexibility index (Phi) is 5.98. The van der Waals surface area contributed by atoms with Crippen molar-refractivity contribution in [3.8, 4) is 0 Å². The largest absolute Gasteiger partial charge is 0.350 e. The lowest BCUT2D eigenvalue weighted by Crippen LogP contribution is -2.25. The minimum Gasteiger partial charge on any atom is -0.350 e. The second kappa shape index (κ2) is 9.17. The SMILES string of the molecule is CCN(CC)c1nc(NCc2ccccc2)nc(Nc2nccc3ccccc23)n1. The van der Waals surface area contributed by atoms with Gasteiger partial charge >= 0.3 is 0 Å². The number of benzene rings is 2. The summed E-state index contributed by atoms with van der Waals surface area (Å²) in [5.74, 6) is 2.34. The fraction of sp³-hybridized carbons (Fsp3) is 0.217. The maximum Gasteiger partial charge on any atom is 0.235 e. The van der Waals surface area contributed by atoms with Crippen LogP contribution in [0.25, 0.3) is 10.8 Å². The van der Waals surface area contributed by atoms with Gasteiger partial charge in [0.2, 0.25) is 17.8 Å². The Morgan fingerprint density at radius 2 is 1.53 bits per heavy atom. The van der Waals surface area contributed by atoms with Crippen molar-refractivity contribution in [2.24, 2.45) is 0 Å². The van der Waals surface area contributed by atoms with Crippen molar-refractivity contribution >= 4 is 34.4 Å². The number of hydrogen-bond acceptors (Lipinski definition) is 7. The molecule has 0 bridgehead atoms. The molecule has 0 amide bonds. The Balaban J connectivity index is 1.66. The van der Waals surface area contributed by atoms with Crippen LogP contribution in [0.5, 0.6) is 0 Å². The molecule has 4 aromatic rings. The number of rotatable bonds is 8. The molecular formula is C23H25N7. The Labute approximate surface area is 176 Å². The van der Waals surface area contributed by atoms with E-state index in [0.29, 0.717) is 24.4 Å². The van der Waals surface area contributed by atoms with Gasteiger partial charge in [-0.05, 0) is 30.9 Å². The smallest absolute Gasteiger partial charge is 0.235 e. The van der Waals surface area contributed by atoms with Crippen LogP contribution in [0.4, 0.5) is 23.7 Å². The van der Waals surface area contributed by atoms with E-state index in [4.69, 9.17) is 0 Å². The monoisotopic (exact) mass is 399 g/mol. The summed E-state index contributed by atoms with van der Waals surface area (Å²) in [6.07, 6.45) is 1.78. The molecule has 0 aliphatic rings. The van der Waals surface area contributed by atoms with Crippen molar-refractivity contribution in [3.05, 3.63) is 72.4 Å². The molecule has 0 fully saturated rings. The first-order valence-electron chi connectivity index (χ1n) is 10.2. The van der Waals surface area contributed by atoms with Crippen LogP contribution >= 0.6 is 0 Å². The molecule has 152 valence electrons. The van der Waals surface area contributed by atoms with Gasteiger partial charge in [-0.3, -0.25) is 0 Å². The summed E-state index contributed by atoms with van der Waals surface area (Å²) in [4.78, 5) is 20.5. The molecule has 0 aliphatic carbocycles. The average molecular weight is 400 g/mol. The number of pyridine rings is 1. The first-order valence-corrected chi connectivity index (χ1v) is 10.2. The number of nitrogens with zero attached hydrogens (tertiary/aromatic N) is 5. The molecule has 2 aromatic carbocycles. The van der Waals surface area contributed by atoms with E-state index in [0.717, 1.165) is 35.2 Å². The van der Waals surface area contributed by atoms with Crippen molar-refractivity contribution in [2.75, 3.05) is 28.6 Å². The summed E-state index contributed by atoms with van der Waals surface area (Å²) in [7, 11) is 0. The number of aromatic nitrogens is 4. The summed E-state index contributed by atoms with van der Waals surface area (Å²) in [6, 6.07) is 20.3. The zero-order chi connectivity index (χ0) is 20.8. The number of anilines is 4. The van der Waals surface area contributed by atoms with Crippen molar-refractivity contribution < 1.29 is 0 Å². The lowest BCUT2D eigenvalue weighted by atomic mass is 10.1. The van der Waals surface area contributed by atoms with Gasteiger partial charge in [0.05, 0.1) is 0 Å². The highest BCUT2D eigenvalue weighted by Crippen LogP contribution is 2.24. The number of hydrogen-bond donors (Lipinski definition) is 2. The predicted molar refractivity (Wildman–Crippen MR) is 122 cm³/mol.